The lowest BCUT2D eigenvalue weighted by Crippen LogP contribution is -2.07. The molecule has 0 amide bonds. The van der Waals surface area contributed by atoms with E-state index in [4.69, 9.17) is 0 Å². The van der Waals surface area contributed by atoms with Crippen LogP contribution in [0.25, 0.3) is 0 Å². The molecule has 1 heterocycles. The van der Waals surface area contributed by atoms with Crippen LogP contribution in [0.2, 0.25) is 0 Å². The lowest BCUT2D eigenvalue weighted by molar-refractivity contribution is 0.101. The van der Waals surface area contributed by atoms with Gasteiger partial charge < -0.3 is 4.57 Å². The predicted molar refractivity (Wildman–Crippen MR) is 66.8 cm³/mol. The van der Waals surface area contributed by atoms with Crippen LogP contribution in [0.15, 0.2) is 41.4 Å². The molecule has 0 saturated carbocycles. The van der Waals surface area contributed by atoms with Gasteiger partial charge in [0, 0.05) is 18.1 Å². The molecule has 1 aromatic carbocycles. The monoisotopic (exact) mass is 267 g/mol. The van der Waals surface area contributed by atoms with Gasteiger partial charge >= 0.3 is 0 Å². The van der Waals surface area contributed by atoms with Crippen molar-refractivity contribution in [3.8, 4) is 0 Å². The zero-order chi connectivity index (χ0) is 13.1. The highest BCUT2D eigenvalue weighted by atomic mass is 32.2. The predicted octanol–water partition coefficient (Wildman–Crippen LogP) is 3.28. The number of Topliss-reactive ketones (excluding diaryl/α,β-unsaturated/α-hetero) is 1. The van der Waals surface area contributed by atoms with E-state index in [1.165, 1.54) is 0 Å². The molecule has 2 aromatic rings. The van der Waals surface area contributed by atoms with Crippen LogP contribution in [0.4, 0.5) is 8.78 Å². The van der Waals surface area contributed by atoms with Gasteiger partial charge in [-0.1, -0.05) is 0 Å². The number of hydrogen-bond donors (Lipinski definition) is 0. The standard InChI is InChI=1S/C13H11F2NOS/c1-16-6-2-3-11(16)12(17)8-18-13-7-9(14)4-5-10(13)15/h2-7H,8H2,1H3. The number of carbonyl (C=O) groups is 1. The zero-order valence-corrected chi connectivity index (χ0v) is 10.5. The molecule has 0 N–H and O–H groups in total. The maximum Gasteiger partial charge on any atom is 0.189 e. The molecule has 0 aliphatic carbocycles. The summed E-state index contributed by atoms with van der Waals surface area (Å²) in [4.78, 5) is 12.0. The number of halogens is 2. The van der Waals surface area contributed by atoms with Gasteiger partial charge in [-0.3, -0.25) is 4.79 Å². The van der Waals surface area contributed by atoms with E-state index in [0.717, 1.165) is 30.0 Å². The Morgan fingerprint density at radius 1 is 1.33 bits per heavy atom. The molecule has 0 unspecified atom stereocenters. The average Bonchev–Trinajstić information content (AvgIpc) is 2.76. The molecule has 0 spiro atoms. The number of carbonyl (C=O) groups excluding carboxylic acids is 1. The van der Waals surface area contributed by atoms with Crippen LogP contribution in [0, 0.1) is 11.6 Å². The van der Waals surface area contributed by atoms with Crippen LogP contribution < -0.4 is 0 Å². The van der Waals surface area contributed by atoms with Gasteiger partial charge in [0.1, 0.15) is 11.6 Å². The van der Waals surface area contributed by atoms with E-state index in [1.54, 1.807) is 29.9 Å². The van der Waals surface area contributed by atoms with Crippen LogP contribution in [0.1, 0.15) is 10.5 Å². The number of nitrogens with zero attached hydrogens (tertiary/aromatic N) is 1. The summed E-state index contributed by atoms with van der Waals surface area (Å²) < 4.78 is 28.0. The number of thioether (sulfide) groups is 1. The molecule has 94 valence electrons. The lowest BCUT2D eigenvalue weighted by Gasteiger charge is -2.04. The Kier molecular flexibility index (Phi) is 3.81. The summed E-state index contributed by atoms with van der Waals surface area (Å²) in [5.41, 5.74) is 0.555. The number of aryl methyl sites for hydroxylation is 1. The van der Waals surface area contributed by atoms with Gasteiger partial charge in [-0.2, -0.15) is 0 Å². The van der Waals surface area contributed by atoms with Crippen LogP contribution in [-0.4, -0.2) is 16.1 Å². The molecule has 1 aromatic heterocycles. The fourth-order valence-electron chi connectivity index (χ4n) is 1.56. The molecule has 0 fully saturated rings. The van der Waals surface area contributed by atoms with Crippen LogP contribution in [0.3, 0.4) is 0 Å². The highest BCUT2D eigenvalue weighted by molar-refractivity contribution is 8.00. The number of aromatic nitrogens is 1. The second kappa shape index (κ2) is 5.35. The normalized spacial score (nSPS) is 10.6. The molecular formula is C13H11F2NOS. The van der Waals surface area contributed by atoms with E-state index in [2.05, 4.69) is 0 Å². The number of hydrogen-bond acceptors (Lipinski definition) is 2. The third kappa shape index (κ3) is 2.79. The Morgan fingerprint density at radius 2 is 2.11 bits per heavy atom. The minimum atomic E-state index is -0.513. The summed E-state index contributed by atoms with van der Waals surface area (Å²) in [6.07, 6.45) is 1.76. The molecule has 0 radical (unpaired) electrons. The van der Waals surface area contributed by atoms with Gasteiger partial charge in [-0.05, 0) is 30.3 Å². The van der Waals surface area contributed by atoms with Gasteiger partial charge in [-0.15, -0.1) is 11.8 Å². The van der Waals surface area contributed by atoms with Gasteiger partial charge in [0.2, 0.25) is 0 Å². The Balaban J connectivity index is 2.06. The molecular weight excluding hydrogens is 256 g/mol. The summed E-state index contributed by atoms with van der Waals surface area (Å²) in [6, 6.07) is 6.67. The first-order chi connectivity index (χ1) is 8.58. The Morgan fingerprint density at radius 3 is 2.78 bits per heavy atom. The van der Waals surface area contributed by atoms with Crippen molar-refractivity contribution in [2.45, 2.75) is 4.90 Å². The van der Waals surface area contributed by atoms with E-state index in [9.17, 15) is 13.6 Å². The van der Waals surface area contributed by atoms with Crippen LogP contribution in [-0.2, 0) is 7.05 Å². The summed E-state index contributed by atoms with van der Waals surface area (Å²) in [5, 5.41) is 0. The summed E-state index contributed by atoms with van der Waals surface area (Å²) in [5.74, 6) is -1.06. The smallest absolute Gasteiger partial charge is 0.189 e. The second-order valence-electron chi connectivity index (χ2n) is 3.79. The van der Waals surface area contributed by atoms with Crippen molar-refractivity contribution in [2.24, 2.45) is 7.05 Å². The van der Waals surface area contributed by atoms with E-state index in [-0.39, 0.29) is 16.4 Å². The van der Waals surface area contributed by atoms with Gasteiger partial charge in [-0.25, -0.2) is 8.78 Å². The van der Waals surface area contributed by atoms with Crippen molar-refractivity contribution in [3.63, 3.8) is 0 Å². The molecule has 2 rings (SSSR count). The maximum absolute atomic E-state index is 13.3. The number of ketones is 1. The van der Waals surface area contributed by atoms with E-state index in [1.807, 2.05) is 0 Å². The van der Waals surface area contributed by atoms with Crippen molar-refractivity contribution >= 4 is 17.5 Å². The van der Waals surface area contributed by atoms with E-state index < -0.39 is 11.6 Å². The largest absolute Gasteiger partial charge is 0.348 e. The highest BCUT2D eigenvalue weighted by Gasteiger charge is 2.11. The van der Waals surface area contributed by atoms with Crippen molar-refractivity contribution < 1.29 is 13.6 Å². The molecule has 0 bridgehead atoms. The first-order valence-corrected chi connectivity index (χ1v) is 6.29. The van der Waals surface area contributed by atoms with E-state index >= 15 is 0 Å². The molecule has 0 saturated heterocycles. The Bertz CT molecular complexity index is 580. The maximum atomic E-state index is 13.3. The van der Waals surface area contributed by atoms with Gasteiger partial charge in [0.25, 0.3) is 0 Å². The van der Waals surface area contributed by atoms with Gasteiger partial charge in [0.15, 0.2) is 5.78 Å². The zero-order valence-electron chi connectivity index (χ0n) is 9.69. The summed E-state index contributed by atoms with van der Waals surface area (Å²) in [6.45, 7) is 0. The number of rotatable bonds is 4. The van der Waals surface area contributed by atoms with Crippen molar-refractivity contribution in [3.05, 3.63) is 53.9 Å². The topological polar surface area (TPSA) is 22.0 Å². The van der Waals surface area contributed by atoms with Crippen molar-refractivity contribution in [2.75, 3.05) is 5.75 Å². The average molecular weight is 267 g/mol. The fourth-order valence-corrected chi connectivity index (χ4v) is 2.39. The molecule has 18 heavy (non-hydrogen) atoms. The van der Waals surface area contributed by atoms with Crippen molar-refractivity contribution in [1.82, 2.24) is 4.57 Å². The fraction of sp³-hybridized carbons (Fsp3) is 0.154. The minimum absolute atomic E-state index is 0.0816. The van der Waals surface area contributed by atoms with Crippen LogP contribution in [0.5, 0.6) is 0 Å². The number of benzene rings is 1. The molecule has 2 nitrogen and oxygen atoms in total. The highest BCUT2D eigenvalue weighted by Crippen LogP contribution is 2.23. The van der Waals surface area contributed by atoms with Gasteiger partial charge in [0.05, 0.1) is 11.4 Å². The molecule has 5 heteroatoms. The molecule has 0 aliphatic rings. The van der Waals surface area contributed by atoms with E-state index in [0.29, 0.717) is 5.69 Å². The first-order valence-electron chi connectivity index (χ1n) is 5.30. The quantitative estimate of drug-likeness (QED) is 0.626. The summed E-state index contributed by atoms with van der Waals surface area (Å²) in [7, 11) is 1.76. The first kappa shape index (κ1) is 12.8. The minimum Gasteiger partial charge on any atom is -0.348 e. The van der Waals surface area contributed by atoms with Crippen LogP contribution >= 0.6 is 11.8 Å². The van der Waals surface area contributed by atoms with Crippen molar-refractivity contribution in [1.29, 1.82) is 0 Å². The second-order valence-corrected chi connectivity index (χ2v) is 4.81. The molecule has 0 aliphatic heterocycles. The SMILES string of the molecule is Cn1cccc1C(=O)CSc1cc(F)ccc1F. The lowest BCUT2D eigenvalue weighted by atomic mass is 10.3. The third-order valence-corrected chi connectivity index (χ3v) is 3.51. The third-order valence-electron chi connectivity index (χ3n) is 2.48. The Labute approximate surface area is 108 Å². The Hall–Kier alpha value is -1.62. The molecule has 0 atom stereocenters. The summed E-state index contributed by atoms with van der Waals surface area (Å²) >= 11 is 0.998.